The maximum Gasteiger partial charge on any atom is 0.271 e. The molecule has 4 aromatic carbocycles. The van der Waals surface area contributed by atoms with Crippen molar-refractivity contribution in [3.8, 4) is 11.5 Å². The Morgan fingerprint density at radius 1 is 0.939 bits per heavy atom. The summed E-state index contributed by atoms with van der Waals surface area (Å²) in [5.41, 5.74) is 4.62. The van der Waals surface area contributed by atoms with Crippen LogP contribution < -0.4 is 14.9 Å². The molecule has 1 amide bonds. The van der Waals surface area contributed by atoms with Gasteiger partial charge in [-0.15, -0.1) is 0 Å². The molecule has 0 aromatic heterocycles. The van der Waals surface area contributed by atoms with Gasteiger partial charge in [0.15, 0.2) is 0 Å². The highest BCUT2D eigenvalue weighted by Crippen LogP contribution is 2.27. The summed E-state index contributed by atoms with van der Waals surface area (Å²) in [4.78, 5) is 12.5. The van der Waals surface area contributed by atoms with Crippen LogP contribution in [0.5, 0.6) is 11.5 Å². The van der Waals surface area contributed by atoms with E-state index in [1.54, 1.807) is 42.6 Å². The zero-order valence-electron chi connectivity index (χ0n) is 18.1. The molecule has 0 saturated heterocycles. The summed E-state index contributed by atoms with van der Waals surface area (Å²) in [5.74, 6) is 0.692. The molecule has 0 fully saturated rings. The minimum Gasteiger partial charge on any atom is -0.494 e. The van der Waals surface area contributed by atoms with Gasteiger partial charge in [-0.1, -0.05) is 42.5 Å². The lowest BCUT2D eigenvalue weighted by molar-refractivity contribution is 0.0955. The van der Waals surface area contributed by atoms with Gasteiger partial charge in [0, 0.05) is 11.1 Å². The number of halogens is 1. The molecular formula is C27H23FN2O3. The predicted octanol–water partition coefficient (Wildman–Crippen LogP) is 5.72. The van der Waals surface area contributed by atoms with Crippen molar-refractivity contribution >= 4 is 22.9 Å². The van der Waals surface area contributed by atoms with Gasteiger partial charge >= 0.3 is 0 Å². The van der Waals surface area contributed by atoms with E-state index in [0.29, 0.717) is 23.7 Å². The lowest BCUT2D eigenvalue weighted by Gasteiger charge is -2.12. The summed E-state index contributed by atoms with van der Waals surface area (Å²) in [6.07, 6.45) is 1.58. The third kappa shape index (κ3) is 5.54. The zero-order valence-corrected chi connectivity index (χ0v) is 18.1. The number of fused-ring (bicyclic) bond motifs is 1. The number of hydrogen-bond acceptors (Lipinski definition) is 4. The van der Waals surface area contributed by atoms with Gasteiger partial charge in [-0.2, -0.15) is 5.10 Å². The molecule has 5 nitrogen and oxygen atoms in total. The van der Waals surface area contributed by atoms with Crippen molar-refractivity contribution in [1.82, 2.24) is 5.43 Å². The number of rotatable bonds is 8. The van der Waals surface area contributed by atoms with Crippen molar-refractivity contribution < 1.29 is 18.7 Å². The number of nitrogens with one attached hydrogen (secondary N) is 1. The Hall–Kier alpha value is -4.19. The number of carbonyl (C=O) groups is 1. The minimum atomic E-state index is -0.330. The molecule has 4 aromatic rings. The van der Waals surface area contributed by atoms with Crippen LogP contribution in [0.15, 0.2) is 90.0 Å². The Morgan fingerprint density at radius 2 is 1.70 bits per heavy atom. The number of nitrogens with zero attached hydrogens (tertiary/aromatic N) is 1. The monoisotopic (exact) mass is 442 g/mol. The van der Waals surface area contributed by atoms with Gasteiger partial charge in [-0.05, 0) is 65.7 Å². The maximum absolute atomic E-state index is 13.2. The van der Waals surface area contributed by atoms with Crippen molar-refractivity contribution in [1.29, 1.82) is 0 Å². The molecule has 0 bridgehead atoms. The molecule has 0 aliphatic carbocycles. The van der Waals surface area contributed by atoms with Crippen LogP contribution in [-0.4, -0.2) is 18.7 Å². The first-order valence-electron chi connectivity index (χ1n) is 10.6. The fourth-order valence-corrected chi connectivity index (χ4v) is 3.37. The molecule has 0 spiro atoms. The van der Waals surface area contributed by atoms with Gasteiger partial charge < -0.3 is 9.47 Å². The summed E-state index contributed by atoms with van der Waals surface area (Å²) >= 11 is 0. The Labute approximate surface area is 191 Å². The van der Waals surface area contributed by atoms with Crippen molar-refractivity contribution in [3.63, 3.8) is 0 Å². The molecule has 1 N–H and O–H groups in total. The first-order chi connectivity index (χ1) is 16.1. The van der Waals surface area contributed by atoms with E-state index in [1.807, 2.05) is 43.3 Å². The highest BCUT2D eigenvalue weighted by atomic mass is 19.1. The molecule has 4 rings (SSSR count). The summed E-state index contributed by atoms with van der Waals surface area (Å²) in [5, 5.41) is 6.13. The second-order valence-electron chi connectivity index (χ2n) is 7.27. The van der Waals surface area contributed by atoms with Crippen LogP contribution in [-0.2, 0) is 6.61 Å². The Morgan fingerprint density at radius 3 is 2.45 bits per heavy atom. The Kier molecular flexibility index (Phi) is 6.95. The summed E-state index contributed by atoms with van der Waals surface area (Å²) in [6.45, 7) is 2.74. The van der Waals surface area contributed by atoms with Crippen molar-refractivity contribution in [3.05, 3.63) is 107 Å². The fourth-order valence-electron chi connectivity index (χ4n) is 3.37. The largest absolute Gasteiger partial charge is 0.494 e. The first kappa shape index (κ1) is 22.0. The Bertz CT molecular complexity index is 1270. The molecule has 166 valence electrons. The molecule has 6 heteroatoms. The minimum absolute atomic E-state index is 0.276. The number of hydrogen-bond donors (Lipinski definition) is 1. The van der Waals surface area contributed by atoms with E-state index in [9.17, 15) is 9.18 Å². The average molecular weight is 442 g/mol. The standard InChI is InChI=1S/C27H23FN2O3/c1-2-32-23-14-9-21(10-15-23)27(31)30-29-17-25-24-6-4-3-5-20(24)11-16-26(25)33-18-19-7-12-22(28)13-8-19/h3-17H,2,18H2,1H3,(H,30,31)/b29-17-. The number of carbonyl (C=O) groups excluding carboxylic acids is 1. The number of hydrazone groups is 1. The van der Waals surface area contributed by atoms with E-state index in [0.717, 1.165) is 21.9 Å². The van der Waals surface area contributed by atoms with Crippen molar-refractivity contribution in [2.75, 3.05) is 6.61 Å². The quantitative estimate of drug-likeness (QED) is 0.280. The van der Waals surface area contributed by atoms with Crippen LogP contribution in [0.1, 0.15) is 28.4 Å². The number of benzene rings is 4. The first-order valence-corrected chi connectivity index (χ1v) is 10.6. The fraction of sp³-hybridized carbons (Fsp3) is 0.111. The van der Waals surface area contributed by atoms with Crippen LogP contribution in [0.2, 0.25) is 0 Å². The van der Waals surface area contributed by atoms with E-state index < -0.39 is 0 Å². The molecule has 0 unspecified atom stereocenters. The van der Waals surface area contributed by atoms with Crippen LogP contribution in [0, 0.1) is 5.82 Å². The van der Waals surface area contributed by atoms with E-state index in [-0.39, 0.29) is 18.3 Å². The molecule has 0 radical (unpaired) electrons. The van der Waals surface area contributed by atoms with Crippen LogP contribution in [0.4, 0.5) is 4.39 Å². The second kappa shape index (κ2) is 10.4. The Balaban J connectivity index is 1.53. The normalized spacial score (nSPS) is 11.0. The molecular weight excluding hydrogens is 419 g/mol. The molecule has 33 heavy (non-hydrogen) atoms. The highest BCUT2D eigenvalue weighted by molar-refractivity contribution is 6.03. The SMILES string of the molecule is CCOc1ccc(C(=O)N/N=C\c2c(OCc3ccc(F)cc3)ccc3ccccc23)cc1. The molecule has 0 atom stereocenters. The number of amides is 1. The van der Waals surface area contributed by atoms with Gasteiger partial charge in [-0.3, -0.25) is 4.79 Å². The highest BCUT2D eigenvalue weighted by Gasteiger charge is 2.09. The third-order valence-electron chi connectivity index (χ3n) is 5.03. The molecule has 0 heterocycles. The van der Waals surface area contributed by atoms with Crippen LogP contribution >= 0.6 is 0 Å². The van der Waals surface area contributed by atoms with E-state index in [1.165, 1.54) is 12.1 Å². The lowest BCUT2D eigenvalue weighted by atomic mass is 10.0. The summed E-state index contributed by atoms with van der Waals surface area (Å²) in [6, 6.07) is 24.7. The van der Waals surface area contributed by atoms with Crippen LogP contribution in [0.3, 0.4) is 0 Å². The van der Waals surface area contributed by atoms with Gasteiger partial charge in [0.05, 0.1) is 12.8 Å². The smallest absolute Gasteiger partial charge is 0.271 e. The van der Waals surface area contributed by atoms with Crippen molar-refractivity contribution in [2.24, 2.45) is 5.10 Å². The van der Waals surface area contributed by atoms with Gasteiger partial charge in [0.1, 0.15) is 23.9 Å². The number of ether oxygens (including phenoxy) is 2. The maximum atomic E-state index is 13.2. The second-order valence-corrected chi connectivity index (χ2v) is 7.27. The summed E-state index contributed by atoms with van der Waals surface area (Å²) in [7, 11) is 0. The van der Waals surface area contributed by atoms with Gasteiger partial charge in [0.25, 0.3) is 5.91 Å². The average Bonchev–Trinajstić information content (AvgIpc) is 2.85. The summed E-state index contributed by atoms with van der Waals surface area (Å²) < 4.78 is 24.6. The zero-order chi connectivity index (χ0) is 23.0. The predicted molar refractivity (Wildman–Crippen MR) is 127 cm³/mol. The molecule has 0 aliphatic rings. The molecule has 0 saturated carbocycles. The van der Waals surface area contributed by atoms with Gasteiger partial charge in [0.2, 0.25) is 0 Å². The van der Waals surface area contributed by atoms with Gasteiger partial charge in [-0.25, -0.2) is 9.82 Å². The van der Waals surface area contributed by atoms with E-state index in [4.69, 9.17) is 9.47 Å². The van der Waals surface area contributed by atoms with Crippen LogP contribution in [0.25, 0.3) is 10.8 Å². The molecule has 0 aliphatic heterocycles. The topological polar surface area (TPSA) is 59.9 Å². The lowest BCUT2D eigenvalue weighted by Crippen LogP contribution is -2.17. The third-order valence-corrected chi connectivity index (χ3v) is 5.03. The van der Waals surface area contributed by atoms with Crippen molar-refractivity contribution in [2.45, 2.75) is 13.5 Å². The van der Waals surface area contributed by atoms with E-state index >= 15 is 0 Å². The van der Waals surface area contributed by atoms with E-state index in [2.05, 4.69) is 10.5 Å².